The van der Waals surface area contributed by atoms with Gasteiger partial charge in [0.2, 0.25) is 5.91 Å². The third kappa shape index (κ3) is 3.73. The van der Waals surface area contributed by atoms with Crippen molar-refractivity contribution in [3.8, 4) is 5.75 Å². The number of ether oxygens (including phenoxy) is 1. The highest BCUT2D eigenvalue weighted by Gasteiger charge is 2.37. The molecule has 5 heteroatoms. The Hall–Kier alpha value is -1.07. The van der Waals surface area contributed by atoms with Crippen molar-refractivity contribution in [2.24, 2.45) is 5.73 Å². The molecule has 0 atom stereocenters. The molecule has 2 rings (SSSR count). The van der Waals surface area contributed by atoms with Crippen LogP contribution in [-0.4, -0.2) is 17.6 Å². The molecule has 0 bridgehead atoms. The molecule has 0 aliphatic heterocycles. The second-order valence-electron chi connectivity index (χ2n) is 5.66. The van der Waals surface area contributed by atoms with Gasteiger partial charge in [-0.1, -0.05) is 28.8 Å². The summed E-state index contributed by atoms with van der Waals surface area (Å²) in [6.45, 7) is 3.93. The molecule has 1 aliphatic carbocycles. The van der Waals surface area contributed by atoms with Gasteiger partial charge in [-0.15, -0.1) is 0 Å². The summed E-state index contributed by atoms with van der Waals surface area (Å²) in [4.78, 5) is 12.3. The number of carbonyl (C=O) groups is 1. The number of benzene rings is 1. The number of nitrogens with two attached hydrogens (primary N) is 1. The number of halogens is 1. The summed E-state index contributed by atoms with van der Waals surface area (Å²) < 4.78 is 6.52. The van der Waals surface area contributed by atoms with Crippen LogP contribution >= 0.6 is 15.9 Å². The van der Waals surface area contributed by atoms with E-state index in [1.54, 1.807) is 0 Å². The van der Waals surface area contributed by atoms with Crippen molar-refractivity contribution in [3.05, 3.63) is 22.7 Å². The summed E-state index contributed by atoms with van der Waals surface area (Å²) in [7, 11) is 0. The van der Waals surface area contributed by atoms with Crippen molar-refractivity contribution in [1.29, 1.82) is 0 Å². The lowest BCUT2D eigenvalue weighted by Crippen LogP contribution is -2.48. The van der Waals surface area contributed by atoms with Crippen LogP contribution in [0.3, 0.4) is 0 Å². The molecule has 0 aromatic heterocycles. The van der Waals surface area contributed by atoms with Crippen LogP contribution in [0.1, 0.15) is 39.5 Å². The lowest BCUT2D eigenvalue weighted by Gasteiger charge is -2.22. The molecule has 0 saturated heterocycles. The largest absolute Gasteiger partial charge is 0.491 e. The first-order chi connectivity index (χ1) is 9.39. The van der Waals surface area contributed by atoms with E-state index in [0.717, 1.165) is 35.9 Å². The molecule has 1 fully saturated rings. The topological polar surface area (TPSA) is 64.3 Å². The van der Waals surface area contributed by atoms with Gasteiger partial charge in [-0.05, 0) is 38.8 Å². The summed E-state index contributed by atoms with van der Waals surface area (Å²) in [6.07, 6.45) is 3.63. The van der Waals surface area contributed by atoms with E-state index in [2.05, 4.69) is 21.2 Å². The fourth-order valence-electron chi connectivity index (χ4n) is 2.46. The maximum atomic E-state index is 12.3. The molecule has 3 N–H and O–H groups in total. The van der Waals surface area contributed by atoms with Gasteiger partial charge < -0.3 is 15.8 Å². The predicted molar refractivity (Wildman–Crippen MR) is 83.9 cm³/mol. The zero-order chi connectivity index (χ0) is 14.8. The van der Waals surface area contributed by atoms with Crippen LogP contribution in [0.2, 0.25) is 0 Å². The minimum atomic E-state index is -0.721. The second-order valence-corrected chi connectivity index (χ2v) is 6.58. The van der Waals surface area contributed by atoms with Gasteiger partial charge in [-0.25, -0.2) is 0 Å². The Morgan fingerprint density at radius 3 is 2.60 bits per heavy atom. The number of amides is 1. The monoisotopic (exact) mass is 340 g/mol. The summed E-state index contributed by atoms with van der Waals surface area (Å²) in [5, 5.41) is 2.90. The van der Waals surface area contributed by atoms with Gasteiger partial charge in [-0.3, -0.25) is 4.79 Å². The van der Waals surface area contributed by atoms with Gasteiger partial charge >= 0.3 is 0 Å². The van der Waals surface area contributed by atoms with Crippen LogP contribution in [0, 0.1) is 0 Å². The maximum Gasteiger partial charge on any atom is 0.244 e. The Morgan fingerprint density at radius 1 is 1.35 bits per heavy atom. The van der Waals surface area contributed by atoms with Crippen molar-refractivity contribution < 1.29 is 9.53 Å². The van der Waals surface area contributed by atoms with Crippen LogP contribution in [0.4, 0.5) is 5.69 Å². The first-order valence-electron chi connectivity index (χ1n) is 6.97. The zero-order valence-corrected chi connectivity index (χ0v) is 13.5. The van der Waals surface area contributed by atoms with Gasteiger partial charge in [0.1, 0.15) is 5.75 Å². The number of rotatable bonds is 4. The molecular weight excluding hydrogens is 320 g/mol. The molecule has 4 nitrogen and oxygen atoms in total. The summed E-state index contributed by atoms with van der Waals surface area (Å²) in [5.41, 5.74) is 6.14. The average molecular weight is 341 g/mol. The Labute approximate surface area is 128 Å². The predicted octanol–water partition coefficient (Wildman–Crippen LogP) is 3.45. The fourth-order valence-corrected chi connectivity index (χ4v) is 2.94. The number of nitrogens with one attached hydrogen (secondary N) is 1. The average Bonchev–Trinajstić information content (AvgIpc) is 2.75. The highest BCUT2D eigenvalue weighted by atomic mass is 79.9. The van der Waals surface area contributed by atoms with E-state index in [1.807, 2.05) is 32.0 Å². The number of hydrogen-bond donors (Lipinski definition) is 2. The molecule has 1 aromatic rings. The van der Waals surface area contributed by atoms with E-state index >= 15 is 0 Å². The SMILES string of the molecule is CC(C)Oc1cc(Br)cc(NC(=O)C2(N)CCCC2)c1. The maximum absolute atomic E-state index is 12.3. The van der Waals surface area contributed by atoms with Gasteiger partial charge in [0, 0.05) is 16.2 Å². The van der Waals surface area contributed by atoms with Gasteiger partial charge in [-0.2, -0.15) is 0 Å². The Morgan fingerprint density at radius 2 is 2.00 bits per heavy atom. The lowest BCUT2D eigenvalue weighted by atomic mass is 9.98. The molecule has 0 heterocycles. The van der Waals surface area contributed by atoms with Crippen molar-refractivity contribution in [2.75, 3.05) is 5.32 Å². The molecule has 0 unspecified atom stereocenters. The van der Waals surface area contributed by atoms with E-state index in [9.17, 15) is 4.79 Å². The smallest absolute Gasteiger partial charge is 0.244 e. The van der Waals surface area contributed by atoms with E-state index in [4.69, 9.17) is 10.5 Å². The van der Waals surface area contributed by atoms with E-state index in [1.165, 1.54) is 0 Å². The van der Waals surface area contributed by atoms with E-state index < -0.39 is 5.54 Å². The lowest BCUT2D eigenvalue weighted by molar-refractivity contribution is -0.121. The van der Waals surface area contributed by atoms with Crippen molar-refractivity contribution in [3.63, 3.8) is 0 Å². The molecule has 1 amide bonds. The molecular formula is C15H21BrN2O2. The molecule has 0 radical (unpaired) electrons. The van der Waals surface area contributed by atoms with Crippen molar-refractivity contribution in [1.82, 2.24) is 0 Å². The van der Waals surface area contributed by atoms with Gasteiger partial charge in [0.05, 0.1) is 11.6 Å². The summed E-state index contributed by atoms with van der Waals surface area (Å²) >= 11 is 3.43. The van der Waals surface area contributed by atoms with Crippen LogP contribution < -0.4 is 15.8 Å². The molecule has 20 heavy (non-hydrogen) atoms. The number of anilines is 1. The quantitative estimate of drug-likeness (QED) is 0.882. The minimum Gasteiger partial charge on any atom is -0.491 e. The van der Waals surface area contributed by atoms with Gasteiger partial charge in [0.25, 0.3) is 0 Å². The Bertz CT molecular complexity index is 497. The molecule has 1 aliphatic rings. The molecule has 110 valence electrons. The van der Waals surface area contributed by atoms with Gasteiger partial charge in [0.15, 0.2) is 0 Å². The third-order valence-corrected chi connectivity index (χ3v) is 3.91. The van der Waals surface area contributed by atoms with Crippen molar-refractivity contribution >= 4 is 27.5 Å². The Balaban J connectivity index is 2.12. The third-order valence-electron chi connectivity index (χ3n) is 3.45. The van der Waals surface area contributed by atoms with Crippen LogP contribution in [0.5, 0.6) is 5.75 Å². The van der Waals surface area contributed by atoms with Crippen LogP contribution in [0.15, 0.2) is 22.7 Å². The standard InChI is InChI=1S/C15H21BrN2O2/c1-10(2)20-13-8-11(16)7-12(9-13)18-14(19)15(17)5-3-4-6-15/h7-10H,3-6,17H2,1-2H3,(H,18,19). The molecule has 1 aromatic carbocycles. The first-order valence-corrected chi connectivity index (χ1v) is 7.76. The van der Waals surface area contributed by atoms with Crippen LogP contribution in [0.25, 0.3) is 0 Å². The highest BCUT2D eigenvalue weighted by molar-refractivity contribution is 9.10. The normalized spacial score (nSPS) is 17.2. The zero-order valence-electron chi connectivity index (χ0n) is 11.9. The van der Waals surface area contributed by atoms with E-state index in [0.29, 0.717) is 5.69 Å². The second kappa shape index (κ2) is 6.14. The Kier molecular flexibility index (Phi) is 4.70. The minimum absolute atomic E-state index is 0.0866. The first kappa shape index (κ1) is 15.3. The summed E-state index contributed by atoms with van der Waals surface area (Å²) in [6, 6.07) is 5.55. The van der Waals surface area contributed by atoms with Crippen LogP contribution in [-0.2, 0) is 4.79 Å². The van der Waals surface area contributed by atoms with E-state index in [-0.39, 0.29) is 12.0 Å². The summed E-state index contributed by atoms with van der Waals surface area (Å²) in [5.74, 6) is 0.616. The van der Waals surface area contributed by atoms with Crippen molar-refractivity contribution in [2.45, 2.75) is 51.2 Å². The highest BCUT2D eigenvalue weighted by Crippen LogP contribution is 2.30. The fraction of sp³-hybridized carbons (Fsp3) is 0.533. The molecule has 1 saturated carbocycles. The number of carbonyl (C=O) groups excluding carboxylic acids is 1. The number of hydrogen-bond acceptors (Lipinski definition) is 3. The molecule has 0 spiro atoms.